The van der Waals surface area contributed by atoms with Crippen LogP contribution >= 0.6 is 0 Å². The third kappa shape index (κ3) is 3.70. The second-order valence-electron chi connectivity index (χ2n) is 4.74. The van der Waals surface area contributed by atoms with Crippen molar-refractivity contribution in [1.82, 2.24) is 0 Å². The molecule has 0 heterocycles. The molecule has 3 nitrogen and oxygen atoms in total. The highest BCUT2D eigenvalue weighted by Gasteiger charge is 2.09. The molecule has 0 radical (unpaired) electrons. The van der Waals surface area contributed by atoms with Gasteiger partial charge in [0.15, 0.2) is 23.1 Å². The average molecular weight is 293 g/mol. The molecule has 112 valence electrons. The third-order valence-electron chi connectivity index (χ3n) is 3.09. The monoisotopic (exact) mass is 293 g/mol. The Morgan fingerprint density at radius 3 is 2.43 bits per heavy atom. The third-order valence-corrected chi connectivity index (χ3v) is 3.09. The fourth-order valence-corrected chi connectivity index (χ4v) is 1.88. The highest BCUT2D eigenvalue weighted by atomic mass is 19.2. The Bertz CT molecular complexity index is 630. The Morgan fingerprint density at radius 1 is 1.05 bits per heavy atom. The molecule has 2 rings (SSSR count). The minimum absolute atomic E-state index is 0.112. The number of rotatable bonds is 5. The maximum absolute atomic E-state index is 13.1. The molecule has 0 unspecified atom stereocenters. The fourth-order valence-electron chi connectivity index (χ4n) is 1.88. The zero-order valence-electron chi connectivity index (χ0n) is 11.9. The summed E-state index contributed by atoms with van der Waals surface area (Å²) >= 11 is 0. The number of ether oxygens (including phenoxy) is 2. The summed E-state index contributed by atoms with van der Waals surface area (Å²) in [5.74, 6) is -0.702. The zero-order valence-corrected chi connectivity index (χ0v) is 11.9. The van der Waals surface area contributed by atoms with Gasteiger partial charge < -0.3 is 15.2 Å². The standard InChI is InChI=1S/C16H17F2NO2/c1-10(19)12-4-6-15(16(8-12)20-2)21-9-11-3-5-13(17)14(18)7-11/h3-8,10H,9,19H2,1-2H3/t10-/m1/s1. The van der Waals surface area contributed by atoms with Crippen LogP contribution in [0.25, 0.3) is 0 Å². The molecule has 2 aromatic carbocycles. The predicted octanol–water partition coefficient (Wildman–Crippen LogP) is 3.57. The maximum atomic E-state index is 13.1. The van der Waals surface area contributed by atoms with Gasteiger partial charge in [-0.05, 0) is 42.3 Å². The first-order chi connectivity index (χ1) is 10.0. The van der Waals surface area contributed by atoms with Crippen LogP contribution in [0.15, 0.2) is 36.4 Å². The first kappa shape index (κ1) is 15.3. The molecule has 0 amide bonds. The van der Waals surface area contributed by atoms with Gasteiger partial charge in [-0.3, -0.25) is 0 Å². The average Bonchev–Trinajstić information content (AvgIpc) is 2.48. The Balaban J connectivity index is 2.13. The summed E-state index contributed by atoms with van der Waals surface area (Å²) in [6.07, 6.45) is 0. The van der Waals surface area contributed by atoms with Crippen molar-refractivity contribution >= 4 is 0 Å². The molecule has 0 saturated carbocycles. The van der Waals surface area contributed by atoms with Gasteiger partial charge in [0.05, 0.1) is 7.11 Å². The van der Waals surface area contributed by atoms with Crippen molar-refractivity contribution in [2.24, 2.45) is 5.73 Å². The van der Waals surface area contributed by atoms with Gasteiger partial charge in [-0.1, -0.05) is 12.1 Å². The Morgan fingerprint density at radius 2 is 1.81 bits per heavy atom. The molecule has 2 N–H and O–H groups in total. The van der Waals surface area contributed by atoms with Crippen molar-refractivity contribution < 1.29 is 18.3 Å². The highest BCUT2D eigenvalue weighted by molar-refractivity contribution is 5.43. The number of halogens is 2. The number of methoxy groups -OCH3 is 1. The normalized spacial score (nSPS) is 12.0. The highest BCUT2D eigenvalue weighted by Crippen LogP contribution is 2.30. The minimum Gasteiger partial charge on any atom is -0.493 e. The van der Waals surface area contributed by atoms with Crippen molar-refractivity contribution in [3.05, 3.63) is 59.2 Å². The lowest BCUT2D eigenvalue weighted by atomic mass is 10.1. The summed E-state index contributed by atoms with van der Waals surface area (Å²) in [5, 5.41) is 0. The lowest BCUT2D eigenvalue weighted by Crippen LogP contribution is -2.06. The largest absolute Gasteiger partial charge is 0.493 e. The van der Waals surface area contributed by atoms with E-state index in [0.29, 0.717) is 17.1 Å². The van der Waals surface area contributed by atoms with E-state index in [2.05, 4.69) is 0 Å². The second-order valence-corrected chi connectivity index (χ2v) is 4.74. The number of benzene rings is 2. The fraction of sp³-hybridized carbons (Fsp3) is 0.250. The van der Waals surface area contributed by atoms with Gasteiger partial charge in [-0.25, -0.2) is 8.78 Å². The van der Waals surface area contributed by atoms with E-state index in [1.54, 1.807) is 12.1 Å². The van der Waals surface area contributed by atoms with Crippen molar-refractivity contribution in [3.8, 4) is 11.5 Å². The molecule has 0 spiro atoms. The summed E-state index contributed by atoms with van der Waals surface area (Å²) in [6, 6.07) is 8.93. The van der Waals surface area contributed by atoms with E-state index in [0.717, 1.165) is 17.7 Å². The van der Waals surface area contributed by atoms with Crippen LogP contribution in [0.4, 0.5) is 8.78 Å². The molecule has 0 fully saturated rings. The van der Waals surface area contributed by atoms with Crippen molar-refractivity contribution in [2.45, 2.75) is 19.6 Å². The van der Waals surface area contributed by atoms with E-state index in [1.165, 1.54) is 13.2 Å². The van der Waals surface area contributed by atoms with Gasteiger partial charge >= 0.3 is 0 Å². The number of hydrogen-bond donors (Lipinski definition) is 1. The summed E-state index contributed by atoms with van der Waals surface area (Å²) in [4.78, 5) is 0. The molecular weight excluding hydrogens is 276 g/mol. The topological polar surface area (TPSA) is 44.5 Å². The van der Waals surface area contributed by atoms with Crippen LogP contribution in [0.5, 0.6) is 11.5 Å². The summed E-state index contributed by atoms with van der Waals surface area (Å²) < 4.78 is 36.8. The first-order valence-corrected chi connectivity index (χ1v) is 6.51. The first-order valence-electron chi connectivity index (χ1n) is 6.51. The van der Waals surface area contributed by atoms with Crippen LogP contribution in [-0.2, 0) is 6.61 Å². The summed E-state index contributed by atoms with van der Waals surface area (Å²) in [7, 11) is 1.53. The Labute approximate surface area is 122 Å². The van der Waals surface area contributed by atoms with Crippen LogP contribution in [0, 0.1) is 11.6 Å². The van der Waals surface area contributed by atoms with Gasteiger partial charge in [-0.15, -0.1) is 0 Å². The molecule has 1 atom stereocenters. The van der Waals surface area contributed by atoms with Crippen LogP contribution in [0.3, 0.4) is 0 Å². The van der Waals surface area contributed by atoms with Crippen molar-refractivity contribution in [2.75, 3.05) is 7.11 Å². The smallest absolute Gasteiger partial charge is 0.161 e. The lowest BCUT2D eigenvalue weighted by Gasteiger charge is -2.13. The van der Waals surface area contributed by atoms with Crippen molar-refractivity contribution in [1.29, 1.82) is 0 Å². The van der Waals surface area contributed by atoms with E-state index in [9.17, 15) is 8.78 Å². The molecule has 0 aliphatic rings. The number of hydrogen-bond acceptors (Lipinski definition) is 3. The molecule has 0 aliphatic heterocycles. The van der Waals surface area contributed by atoms with Gasteiger partial charge in [0, 0.05) is 6.04 Å². The van der Waals surface area contributed by atoms with Crippen molar-refractivity contribution in [3.63, 3.8) is 0 Å². The zero-order chi connectivity index (χ0) is 15.4. The van der Waals surface area contributed by atoms with Crippen LogP contribution in [-0.4, -0.2) is 7.11 Å². The van der Waals surface area contributed by atoms with Crippen LogP contribution < -0.4 is 15.2 Å². The van der Waals surface area contributed by atoms with Crippen LogP contribution in [0.2, 0.25) is 0 Å². The van der Waals surface area contributed by atoms with Gasteiger partial charge in [0.25, 0.3) is 0 Å². The molecule has 0 saturated heterocycles. The molecule has 0 aliphatic carbocycles. The summed E-state index contributed by atoms with van der Waals surface area (Å²) in [5.41, 5.74) is 7.27. The maximum Gasteiger partial charge on any atom is 0.161 e. The number of nitrogens with two attached hydrogens (primary N) is 1. The minimum atomic E-state index is -0.893. The van der Waals surface area contributed by atoms with E-state index in [4.69, 9.17) is 15.2 Å². The van der Waals surface area contributed by atoms with E-state index >= 15 is 0 Å². The van der Waals surface area contributed by atoms with Gasteiger partial charge in [0.2, 0.25) is 0 Å². The van der Waals surface area contributed by atoms with E-state index in [1.807, 2.05) is 13.0 Å². The van der Waals surface area contributed by atoms with E-state index < -0.39 is 11.6 Å². The Kier molecular flexibility index (Phi) is 4.75. The quantitative estimate of drug-likeness (QED) is 0.916. The summed E-state index contributed by atoms with van der Waals surface area (Å²) in [6.45, 7) is 1.99. The predicted molar refractivity (Wildman–Crippen MR) is 76.3 cm³/mol. The van der Waals surface area contributed by atoms with E-state index in [-0.39, 0.29) is 12.6 Å². The SMILES string of the molecule is COc1cc([C@@H](C)N)ccc1OCc1ccc(F)c(F)c1. The molecule has 21 heavy (non-hydrogen) atoms. The molecule has 0 bridgehead atoms. The molecule has 5 heteroatoms. The van der Waals surface area contributed by atoms with Gasteiger partial charge in [-0.2, -0.15) is 0 Å². The van der Waals surface area contributed by atoms with Gasteiger partial charge in [0.1, 0.15) is 6.61 Å². The lowest BCUT2D eigenvalue weighted by molar-refractivity contribution is 0.283. The van der Waals surface area contributed by atoms with Crippen LogP contribution in [0.1, 0.15) is 24.1 Å². The molecular formula is C16H17F2NO2. The molecule has 2 aromatic rings. The Hall–Kier alpha value is -2.14. The molecule has 0 aromatic heterocycles. The second kappa shape index (κ2) is 6.54.